The molecule has 0 aliphatic carbocycles. The van der Waals surface area contributed by atoms with Gasteiger partial charge in [0.15, 0.2) is 0 Å². The van der Waals surface area contributed by atoms with Crippen LogP contribution < -0.4 is 0 Å². The van der Waals surface area contributed by atoms with Crippen LogP contribution in [0.15, 0.2) is 23.1 Å². The molecule has 0 heterocycles. The van der Waals surface area contributed by atoms with E-state index in [9.17, 15) is 18.0 Å². The van der Waals surface area contributed by atoms with Crippen LogP contribution in [0.3, 0.4) is 0 Å². The van der Waals surface area contributed by atoms with Crippen molar-refractivity contribution in [1.82, 2.24) is 0 Å². The zero-order valence-electron chi connectivity index (χ0n) is 6.94. The molecule has 0 amide bonds. The molecule has 7 heteroatoms. The van der Waals surface area contributed by atoms with Crippen molar-refractivity contribution in [3.63, 3.8) is 0 Å². The number of thioether (sulfide) groups is 1. The Balaban J connectivity index is 3.13. The first-order valence-electron chi connectivity index (χ1n) is 3.55. The highest BCUT2D eigenvalue weighted by Crippen LogP contribution is 2.39. The fourth-order valence-corrected chi connectivity index (χ4v) is 2.03. The van der Waals surface area contributed by atoms with Gasteiger partial charge in [-0.15, -0.1) is 0 Å². The van der Waals surface area contributed by atoms with E-state index in [1.807, 2.05) is 0 Å². The topological polar surface area (TPSA) is 17.1 Å². The average molecular weight is 275 g/mol. The first-order chi connectivity index (χ1) is 6.79. The number of carbonyl (C=O) groups excluding carboxylic acids is 1. The maximum Gasteiger partial charge on any atom is 0.446 e. The number of benzene rings is 1. The summed E-state index contributed by atoms with van der Waals surface area (Å²) in [4.78, 5) is 10.5. The molecule has 0 aliphatic heterocycles. The average Bonchev–Trinajstić information content (AvgIpc) is 1.99. The van der Waals surface area contributed by atoms with Crippen LogP contribution >= 0.6 is 35.0 Å². The predicted octanol–water partition coefficient (Wildman–Crippen LogP) is 4.33. The van der Waals surface area contributed by atoms with Gasteiger partial charge in [-0.1, -0.05) is 11.6 Å². The zero-order chi connectivity index (χ0) is 11.6. The van der Waals surface area contributed by atoms with Gasteiger partial charge in [0.25, 0.3) is 5.24 Å². The van der Waals surface area contributed by atoms with Crippen molar-refractivity contribution in [2.45, 2.75) is 10.4 Å². The molecule has 1 nitrogen and oxygen atoms in total. The first kappa shape index (κ1) is 12.7. The van der Waals surface area contributed by atoms with Gasteiger partial charge < -0.3 is 0 Å². The summed E-state index contributed by atoms with van der Waals surface area (Å²) in [6.07, 6.45) is 0. The lowest BCUT2D eigenvalue weighted by Gasteiger charge is -2.08. The van der Waals surface area contributed by atoms with Crippen LogP contribution in [0.25, 0.3) is 0 Å². The summed E-state index contributed by atoms with van der Waals surface area (Å²) >= 11 is 10.2. The van der Waals surface area contributed by atoms with E-state index in [4.69, 9.17) is 23.2 Å². The van der Waals surface area contributed by atoms with Crippen molar-refractivity contribution >= 4 is 40.2 Å². The van der Waals surface area contributed by atoms with E-state index in [1.165, 1.54) is 6.07 Å². The van der Waals surface area contributed by atoms with Crippen LogP contribution in [0.1, 0.15) is 10.4 Å². The van der Waals surface area contributed by atoms with Gasteiger partial charge in [-0.05, 0) is 41.6 Å². The van der Waals surface area contributed by atoms with Gasteiger partial charge in [-0.25, -0.2) is 0 Å². The minimum atomic E-state index is -4.48. The Kier molecular flexibility index (Phi) is 3.92. The van der Waals surface area contributed by atoms with E-state index in [0.29, 0.717) is 0 Å². The predicted molar refractivity (Wildman–Crippen MR) is 53.5 cm³/mol. The van der Waals surface area contributed by atoms with Gasteiger partial charge in [0, 0.05) is 15.5 Å². The van der Waals surface area contributed by atoms with Crippen LogP contribution in [-0.4, -0.2) is 10.8 Å². The second-order valence-corrected chi connectivity index (χ2v) is 4.35. The van der Waals surface area contributed by atoms with Crippen molar-refractivity contribution in [3.05, 3.63) is 28.8 Å². The number of rotatable bonds is 2. The van der Waals surface area contributed by atoms with E-state index in [2.05, 4.69) is 0 Å². The fourth-order valence-electron chi connectivity index (χ4n) is 0.868. The van der Waals surface area contributed by atoms with Gasteiger partial charge in [0.1, 0.15) is 0 Å². The molecule has 0 saturated carbocycles. The van der Waals surface area contributed by atoms with Gasteiger partial charge in [-0.2, -0.15) is 13.2 Å². The molecular formula is C8H3Cl2F3OS. The van der Waals surface area contributed by atoms with E-state index in [-0.39, 0.29) is 15.5 Å². The summed E-state index contributed by atoms with van der Waals surface area (Å²) in [6, 6.07) is 3.51. The largest absolute Gasteiger partial charge is 0.446 e. The molecule has 0 spiro atoms. The molecule has 0 aliphatic rings. The molecular weight excluding hydrogens is 272 g/mol. The summed E-state index contributed by atoms with van der Waals surface area (Å²) in [5.41, 5.74) is -4.69. The standard InChI is InChI=1S/C8H3Cl2F3OS/c9-4-1-2-5(7(10)14)6(3-4)15-8(11,12)13/h1-3H. The maximum absolute atomic E-state index is 12.1. The quantitative estimate of drug-likeness (QED) is 0.590. The van der Waals surface area contributed by atoms with Crippen LogP contribution in [0.2, 0.25) is 5.02 Å². The van der Waals surface area contributed by atoms with Crippen molar-refractivity contribution in [2.24, 2.45) is 0 Å². The molecule has 0 N–H and O–H groups in total. The number of alkyl halides is 3. The second kappa shape index (κ2) is 4.63. The summed E-state index contributed by atoms with van der Waals surface area (Å²) in [7, 11) is 0. The Morgan fingerprint density at radius 1 is 1.33 bits per heavy atom. The molecule has 0 saturated heterocycles. The number of hydrogen-bond acceptors (Lipinski definition) is 2. The summed E-state index contributed by atoms with van der Waals surface area (Å²) in [5.74, 6) is 0. The third-order valence-corrected chi connectivity index (χ3v) is 2.61. The Hall–Kier alpha value is -0.390. The van der Waals surface area contributed by atoms with Gasteiger partial charge in [0.2, 0.25) is 0 Å². The number of hydrogen-bond donors (Lipinski definition) is 0. The molecule has 0 unspecified atom stereocenters. The molecule has 0 fully saturated rings. The highest BCUT2D eigenvalue weighted by molar-refractivity contribution is 8.00. The molecule has 1 aromatic carbocycles. The number of carbonyl (C=O) groups is 1. The highest BCUT2D eigenvalue weighted by atomic mass is 35.5. The SMILES string of the molecule is O=C(Cl)c1ccc(Cl)cc1SC(F)(F)F. The summed E-state index contributed by atoms with van der Waals surface area (Å²) in [6.45, 7) is 0. The summed E-state index contributed by atoms with van der Waals surface area (Å²) < 4.78 is 36.2. The number of halogens is 5. The van der Waals surface area contributed by atoms with E-state index >= 15 is 0 Å². The third kappa shape index (κ3) is 3.93. The Morgan fingerprint density at radius 3 is 2.40 bits per heavy atom. The lowest BCUT2D eigenvalue weighted by Crippen LogP contribution is -2.02. The van der Waals surface area contributed by atoms with Crippen LogP contribution in [-0.2, 0) is 0 Å². The first-order valence-corrected chi connectivity index (χ1v) is 5.12. The van der Waals surface area contributed by atoms with Crippen LogP contribution in [0.4, 0.5) is 13.2 Å². The fraction of sp³-hybridized carbons (Fsp3) is 0.125. The van der Waals surface area contributed by atoms with Crippen LogP contribution in [0, 0.1) is 0 Å². The minimum absolute atomic E-state index is 0.114. The van der Waals surface area contributed by atoms with Crippen molar-refractivity contribution in [3.8, 4) is 0 Å². The third-order valence-electron chi connectivity index (χ3n) is 1.38. The maximum atomic E-state index is 12.1. The summed E-state index contributed by atoms with van der Waals surface area (Å²) in [5, 5.41) is -0.832. The molecule has 1 rings (SSSR count). The van der Waals surface area contributed by atoms with Crippen LogP contribution in [0.5, 0.6) is 0 Å². The van der Waals surface area contributed by atoms with Gasteiger partial charge in [0.05, 0.1) is 0 Å². The van der Waals surface area contributed by atoms with E-state index < -0.39 is 22.5 Å². The van der Waals surface area contributed by atoms with E-state index in [0.717, 1.165) is 12.1 Å². The molecule has 1 aromatic rings. The zero-order valence-corrected chi connectivity index (χ0v) is 9.27. The molecule has 82 valence electrons. The lowest BCUT2D eigenvalue weighted by atomic mass is 10.2. The molecule has 15 heavy (non-hydrogen) atoms. The Bertz CT molecular complexity index is 392. The Labute approximate surface area is 97.5 Å². The highest BCUT2D eigenvalue weighted by Gasteiger charge is 2.31. The molecule has 0 atom stereocenters. The van der Waals surface area contributed by atoms with Gasteiger partial charge >= 0.3 is 5.51 Å². The monoisotopic (exact) mass is 274 g/mol. The van der Waals surface area contributed by atoms with Crippen molar-refractivity contribution < 1.29 is 18.0 Å². The Morgan fingerprint density at radius 2 is 1.93 bits per heavy atom. The minimum Gasteiger partial charge on any atom is -0.276 e. The molecule has 0 aromatic heterocycles. The molecule has 0 radical (unpaired) electrons. The lowest BCUT2D eigenvalue weighted by molar-refractivity contribution is -0.0328. The smallest absolute Gasteiger partial charge is 0.276 e. The van der Waals surface area contributed by atoms with E-state index in [1.54, 1.807) is 0 Å². The molecule has 0 bridgehead atoms. The second-order valence-electron chi connectivity index (χ2n) is 2.46. The normalized spacial score (nSPS) is 11.5. The van der Waals surface area contributed by atoms with Crippen molar-refractivity contribution in [2.75, 3.05) is 0 Å². The van der Waals surface area contributed by atoms with Gasteiger partial charge in [-0.3, -0.25) is 4.79 Å². The van der Waals surface area contributed by atoms with Crippen molar-refractivity contribution in [1.29, 1.82) is 0 Å².